The lowest BCUT2D eigenvalue weighted by Crippen LogP contribution is -2.55. The van der Waals surface area contributed by atoms with Crippen LogP contribution in [-0.4, -0.2) is 134 Å². The summed E-state index contributed by atoms with van der Waals surface area (Å²) in [6.07, 6.45) is 6.01. The lowest BCUT2D eigenvalue weighted by atomic mass is 10.1. The smallest absolute Gasteiger partial charge is 0.245 e. The summed E-state index contributed by atoms with van der Waals surface area (Å²) < 4.78 is 5.31. The highest BCUT2D eigenvalue weighted by Gasteiger charge is 2.38. The lowest BCUT2D eigenvalue weighted by Gasteiger charge is -2.38. The van der Waals surface area contributed by atoms with Gasteiger partial charge in [0.2, 0.25) is 23.7 Å². The van der Waals surface area contributed by atoms with E-state index >= 15 is 0 Å². The fourth-order valence-corrected chi connectivity index (χ4v) is 6.58. The Kier molecular flexibility index (Phi) is 8.22. The first kappa shape index (κ1) is 27.0. The number of likely N-dealkylation sites (tertiary alicyclic amines) is 1. The van der Waals surface area contributed by atoms with Gasteiger partial charge in [-0.1, -0.05) is 0 Å². The number of ether oxygens (including phenoxy) is 1. The minimum absolute atomic E-state index is 0.00233. The molecule has 1 aromatic rings. The third kappa shape index (κ3) is 5.82. The van der Waals surface area contributed by atoms with Gasteiger partial charge in [0.25, 0.3) is 0 Å². The van der Waals surface area contributed by atoms with Crippen molar-refractivity contribution in [3.05, 3.63) is 6.07 Å². The molecule has 0 bridgehead atoms. The van der Waals surface area contributed by atoms with E-state index in [2.05, 4.69) is 20.8 Å². The van der Waals surface area contributed by atoms with Crippen LogP contribution in [0.3, 0.4) is 0 Å². The second-order valence-corrected chi connectivity index (χ2v) is 11.5. The molecule has 218 valence electrons. The SMILES string of the molecule is O=C(CC(=O)N1CCCC1C(=O)N1CCN(c2cc(N3CCCC3)nc(N3CCCC3)n2)CC1)N1CCOCC1. The van der Waals surface area contributed by atoms with Crippen LogP contribution in [0, 0.1) is 0 Å². The zero-order valence-corrected chi connectivity index (χ0v) is 23.5. The van der Waals surface area contributed by atoms with Crippen molar-refractivity contribution in [2.75, 3.05) is 99.9 Å². The van der Waals surface area contributed by atoms with Gasteiger partial charge >= 0.3 is 0 Å². The van der Waals surface area contributed by atoms with Crippen molar-refractivity contribution in [3.8, 4) is 0 Å². The fourth-order valence-electron chi connectivity index (χ4n) is 6.58. The first-order chi connectivity index (χ1) is 19.6. The van der Waals surface area contributed by atoms with Crippen LogP contribution in [0.1, 0.15) is 44.9 Å². The summed E-state index contributed by atoms with van der Waals surface area (Å²) in [7, 11) is 0. The third-order valence-electron chi connectivity index (χ3n) is 8.95. The monoisotopic (exact) mass is 554 g/mol. The van der Waals surface area contributed by atoms with Gasteiger partial charge in [-0.05, 0) is 38.5 Å². The summed E-state index contributed by atoms with van der Waals surface area (Å²) >= 11 is 0. The summed E-state index contributed by atoms with van der Waals surface area (Å²) in [6, 6.07) is 1.64. The molecule has 6 heterocycles. The average molecular weight is 555 g/mol. The van der Waals surface area contributed by atoms with Crippen LogP contribution >= 0.6 is 0 Å². The Morgan fingerprint density at radius 2 is 1.27 bits per heavy atom. The zero-order chi connectivity index (χ0) is 27.5. The molecule has 1 atom stereocenters. The number of amides is 3. The van der Waals surface area contributed by atoms with Gasteiger partial charge in [0.1, 0.15) is 24.1 Å². The van der Waals surface area contributed by atoms with Crippen molar-refractivity contribution >= 4 is 35.3 Å². The van der Waals surface area contributed by atoms with Crippen LogP contribution in [0.2, 0.25) is 0 Å². The molecule has 6 rings (SSSR count). The first-order valence-corrected chi connectivity index (χ1v) is 15.1. The van der Waals surface area contributed by atoms with Gasteiger partial charge in [-0.2, -0.15) is 9.97 Å². The average Bonchev–Trinajstić information content (AvgIpc) is 3.80. The molecule has 0 N–H and O–H groups in total. The van der Waals surface area contributed by atoms with E-state index in [0.29, 0.717) is 65.4 Å². The molecule has 12 heteroatoms. The maximum absolute atomic E-state index is 13.6. The second-order valence-electron chi connectivity index (χ2n) is 11.5. The van der Waals surface area contributed by atoms with Crippen molar-refractivity contribution in [1.82, 2.24) is 24.7 Å². The third-order valence-corrected chi connectivity index (χ3v) is 8.95. The molecule has 0 saturated carbocycles. The van der Waals surface area contributed by atoms with Gasteiger partial charge in [0.05, 0.1) is 13.2 Å². The number of rotatable bonds is 6. The molecule has 1 unspecified atom stereocenters. The number of piperazine rings is 1. The van der Waals surface area contributed by atoms with Crippen molar-refractivity contribution in [2.45, 2.75) is 51.0 Å². The highest BCUT2D eigenvalue weighted by Crippen LogP contribution is 2.28. The van der Waals surface area contributed by atoms with E-state index in [1.165, 1.54) is 25.7 Å². The Labute approximate surface area is 236 Å². The highest BCUT2D eigenvalue weighted by atomic mass is 16.5. The number of hydrogen-bond acceptors (Lipinski definition) is 9. The molecule has 5 fully saturated rings. The van der Waals surface area contributed by atoms with Gasteiger partial charge < -0.3 is 34.1 Å². The molecule has 0 radical (unpaired) electrons. The molecule has 5 aliphatic rings. The van der Waals surface area contributed by atoms with Crippen molar-refractivity contribution in [2.24, 2.45) is 0 Å². The lowest BCUT2D eigenvalue weighted by molar-refractivity contribution is -0.148. The molecule has 0 aromatic carbocycles. The largest absolute Gasteiger partial charge is 0.378 e. The van der Waals surface area contributed by atoms with E-state index < -0.39 is 6.04 Å². The Morgan fingerprint density at radius 3 is 1.93 bits per heavy atom. The number of hydrogen-bond donors (Lipinski definition) is 0. The zero-order valence-electron chi connectivity index (χ0n) is 23.5. The molecule has 3 amide bonds. The predicted molar refractivity (Wildman–Crippen MR) is 150 cm³/mol. The summed E-state index contributed by atoms with van der Waals surface area (Å²) in [6.45, 7) is 9.21. The van der Waals surface area contributed by atoms with Crippen LogP contribution < -0.4 is 14.7 Å². The molecule has 5 aliphatic heterocycles. The highest BCUT2D eigenvalue weighted by molar-refractivity contribution is 5.99. The summed E-state index contributed by atoms with van der Waals surface area (Å²) in [4.78, 5) is 61.3. The van der Waals surface area contributed by atoms with Crippen molar-refractivity contribution in [3.63, 3.8) is 0 Å². The quantitative estimate of drug-likeness (QED) is 0.467. The van der Waals surface area contributed by atoms with Gasteiger partial charge in [0.15, 0.2) is 0 Å². The predicted octanol–water partition coefficient (Wildman–Crippen LogP) is 0.566. The Hall–Kier alpha value is -3.15. The number of morpholine rings is 1. The number of anilines is 3. The normalized spacial score (nSPS) is 23.9. The maximum atomic E-state index is 13.6. The minimum atomic E-state index is -0.473. The Balaban J connectivity index is 1.08. The maximum Gasteiger partial charge on any atom is 0.245 e. The number of aromatic nitrogens is 2. The molecule has 0 spiro atoms. The van der Waals surface area contributed by atoms with Crippen molar-refractivity contribution in [1.29, 1.82) is 0 Å². The van der Waals surface area contributed by atoms with Crippen LogP contribution in [0.25, 0.3) is 0 Å². The van der Waals surface area contributed by atoms with E-state index in [1.807, 2.05) is 4.90 Å². The number of nitrogens with zero attached hydrogens (tertiary/aromatic N) is 8. The van der Waals surface area contributed by atoms with E-state index in [9.17, 15) is 14.4 Å². The molecule has 5 saturated heterocycles. The Bertz CT molecular complexity index is 1040. The fraction of sp³-hybridized carbons (Fsp3) is 0.750. The van der Waals surface area contributed by atoms with Gasteiger partial charge in [-0.15, -0.1) is 0 Å². The summed E-state index contributed by atoms with van der Waals surface area (Å²) in [5, 5.41) is 0. The van der Waals surface area contributed by atoms with E-state index in [0.717, 1.165) is 50.2 Å². The number of carbonyl (C=O) groups is 3. The van der Waals surface area contributed by atoms with Crippen molar-refractivity contribution < 1.29 is 19.1 Å². The topological polar surface area (TPSA) is 106 Å². The van der Waals surface area contributed by atoms with E-state index in [-0.39, 0.29) is 24.1 Å². The molecule has 40 heavy (non-hydrogen) atoms. The molecule has 1 aromatic heterocycles. The van der Waals surface area contributed by atoms with Gasteiger partial charge in [-0.25, -0.2) is 0 Å². The van der Waals surface area contributed by atoms with Crippen LogP contribution in [0.4, 0.5) is 17.6 Å². The second kappa shape index (κ2) is 12.2. The van der Waals surface area contributed by atoms with Gasteiger partial charge in [-0.3, -0.25) is 14.4 Å². The summed E-state index contributed by atoms with van der Waals surface area (Å²) in [5.41, 5.74) is 0. The van der Waals surface area contributed by atoms with Gasteiger partial charge in [0, 0.05) is 78.1 Å². The first-order valence-electron chi connectivity index (χ1n) is 15.1. The van der Waals surface area contributed by atoms with E-state index in [1.54, 1.807) is 9.80 Å². The standard InChI is InChI=1S/C28H42N8O4/c37-25(33-16-18-40-19-17-33)21-26(38)36-11-5-6-22(36)27(39)34-14-12-32(13-15-34)24-20-23(31-7-1-2-8-31)29-28(30-24)35-9-3-4-10-35/h20,22H,1-19,21H2. The molecule has 0 aliphatic carbocycles. The molecule has 12 nitrogen and oxygen atoms in total. The summed E-state index contributed by atoms with van der Waals surface area (Å²) in [5.74, 6) is 2.35. The van der Waals surface area contributed by atoms with E-state index in [4.69, 9.17) is 14.7 Å². The van der Waals surface area contributed by atoms with Crippen LogP contribution in [-0.2, 0) is 19.1 Å². The van der Waals surface area contributed by atoms with Crippen LogP contribution in [0.15, 0.2) is 6.07 Å². The molecular weight excluding hydrogens is 512 g/mol. The van der Waals surface area contributed by atoms with Crippen LogP contribution in [0.5, 0.6) is 0 Å². The Morgan fingerprint density at radius 1 is 0.675 bits per heavy atom. The minimum Gasteiger partial charge on any atom is -0.378 e. The number of carbonyl (C=O) groups excluding carboxylic acids is 3. The molecular formula is C28H42N8O4.